The highest BCUT2D eigenvalue weighted by atomic mass is 16.4. The molecule has 2 aliphatic rings. The number of benzene rings is 3. The number of aromatic nitrogens is 1. The molecule has 3 aromatic carbocycles. The van der Waals surface area contributed by atoms with Crippen molar-refractivity contribution in [2.24, 2.45) is 0 Å². The lowest BCUT2D eigenvalue weighted by Crippen LogP contribution is -2.48. The summed E-state index contributed by atoms with van der Waals surface area (Å²) in [4.78, 5) is 58.5. The summed E-state index contributed by atoms with van der Waals surface area (Å²) >= 11 is 0. The van der Waals surface area contributed by atoms with Crippen LogP contribution in [0.25, 0.3) is 22.2 Å². The number of fused-ring (bicyclic) bond motifs is 1. The predicted molar refractivity (Wildman–Crippen MR) is 181 cm³/mol. The van der Waals surface area contributed by atoms with E-state index in [4.69, 9.17) is 0 Å². The first-order valence-electron chi connectivity index (χ1n) is 16.1. The van der Waals surface area contributed by atoms with E-state index in [-0.39, 0.29) is 17.9 Å². The van der Waals surface area contributed by atoms with Crippen molar-refractivity contribution in [2.45, 2.75) is 63.7 Å². The van der Waals surface area contributed by atoms with Gasteiger partial charge in [-0.3, -0.25) is 19.3 Å². The SMILES string of the molecule is CC(C)N1CCC[C@H]1C(=O)Nc1ccc(-c2cc3cc(NC(=O)[C@@H]4CCCN4C(=O)[C@H](NC(=O)O)c4ccccc4)ccc3[nH]2)cc1. The second-order valence-electron chi connectivity index (χ2n) is 12.5. The minimum absolute atomic E-state index is 0.0298. The van der Waals surface area contributed by atoms with E-state index < -0.39 is 24.1 Å². The number of aromatic amines is 1. The standard InChI is InChI=1S/C36H40N6O5/c1-22(2)41-18-6-10-30(41)33(43)37-26-14-12-23(13-15-26)29-21-25-20-27(16-17-28(25)39-29)38-34(44)31-11-7-19-42(31)35(45)32(40-36(46)47)24-8-4-3-5-9-24/h3-5,8-9,12-17,20-22,30-32,39-40H,6-7,10-11,18-19H2,1-2H3,(H,37,43)(H,38,44)(H,46,47)/t30-,31-,32+/m0/s1. The van der Waals surface area contributed by atoms with Gasteiger partial charge >= 0.3 is 6.09 Å². The quantitative estimate of drug-likeness (QED) is 0.162. The molecule has 2 fully saturated rings. The number of anilines is 2. The summed E-state index contributed by atoms with van der Waals surface area (Å²) in [6.45, 7) is 5.55. The van der Waals surface area contributed by atoms with E-state index in [0.717, 1.165) is 47.2 Å². The second-order valence-corrected chi connectivity index (χ2v) is 12.5. The lowest BCUT2D eigenvalue weighted by molar-refractivity contribution is -0.138. The smallest absolute Gasteiger partial charge is 0.405 e. The maximum absolute atomic E-state index is 13.5. The van der Waals surface area contributed by atoms with Gasteiger partial charge in [0.2, 0.25) is 11.8 Å². The van der Waals surface area contributed by atoms with Gasteiger partial charge in [0.05, 0.1) is 6.04 Å². The van der Waals surface area contributed by atoms with Crippen molar-refractivity contribution in [1.82, 2.24) is 20.1 Å². The van der Waals surface area contributed by atoms with Gasteiger partial charge < -0.3 is 30.9 Å². The van der Waals surface area contributed by atoms with Crippen molar-refractivity contribution < 1.29 is 24.3 Å². The Morgan fingerprint density at radius 3 is 2.19 bits per heavy atom. The molecule has 4 aromatic rings. The maximum Gasteiger partial charge on any atom is 0.405 e. The molecule has 0 bridgehead atoms. The predicted octanol–water partition coefficient (Wildman–Crippen LogP) is 5.58. The first-order chi connectivity index (χ1) is 22.7. The number of likely N-dealkylation sites (tertiary alicyclic amines) is 2. The van der Waals surface area contributed by atoms with Gasteiger partial charge in [-0.15, -0.1) is 0 Å². The summed E-state index contributed by atoms with van der Waals surface area (Å²) in [6.07, 6.45) is 1.71. The summed E-state index contributed by atoms with van der Waals surface area (Å²) in [6, 6.07) is 22.4. The fraction of sp³-hybridized carbons (Fsp3) is 0.333. The Hall–Kier alpha value is -5.16. The van der Waals surface area contributed by atoms with E-state index in [1.165, 1.54) is 4.90 Å². The number of nitrogens with zero attached hydrogens (tertiary/aromatic N) is 2. The summed E-state index contributed by atoms with van der Waals surface area (Å²) in [7, 11) is 0. The molecule has 3 heterocycles. The van der Waals surface area contributed by atoms with Crippen molar-refractivity contribution in [2.75, 3.05) is 23.7 Å². The highest BCUT2D eigenvalue weighted by Crippen LogP contribution is 2.29. The molecule has 0 radical (unpaired) electrons. The van der Waals surface area contributed by atoms with Crippen LogP contribution in [0.3, 0.4) is 0 Å². The van der Waals surface area contributed by atoms with Crippen molar-refractivity contribution in [1.29, 1.82) is 0 Å². The van der Waals surface area contributed by atoms with E-state index in [0.29, 0.717) is 36.7 Å². The van der Waals surface area contributed by atoms with Crippen LogP contribution in [0.5, 0.6) is 0 Å². The zero-order chi connectivity index (χ0) is 33.1. The Morgan fingerprint density at radius 1 is 0.809 bits per heavy atom. The number of carbonyl (C=O) groups excluding carboxylic acids is 3. The number of amides is 4. The van der Waals surface area contributed by atoms with Crippen molar-refractivity contribution in [3.8, 4) is 11.3 Å². The number of carboxylic acid groups (broad SMARTS) is 1. The Labute approximate surface area is 273 Å². The first-order valence-corrected chi connectivity index (χ1v) is 16.1. The van der Waals surface area contributed by atoms with Gasteiger partial charge in [0.1, 0.15) is 12.1 Å². The molecule has 0 aliphatic carbocycles. The van der Waals surface area contributed by atoms with Crippen molar-refractivity contribution in [3.05, 3.63) is 84.4 Å². The average molecular weight is 637 g/mol. The molecule has 11 nitrogen and oxygen atoms in total. The first kappa shape index (κ1) is 31.8. The van der Waals surface area contributed by atoms with E-state index in [9.17, 15) is 24.3 Å². The highest BCUT2D eigenvalue weighted by Gasteiger charge is 2.38. The molecule has 2 saturated heterocycles. The number of nitrogens with one attached hydrogen (secondary N) is 4. The monoisotopic (exact) mass is 636 g/mol. The van der Waals surface area contributed by atoms with Gasteiger partial charge in [-0.2, -0.15) is 0 Å². The molecular formula is C36H40N6O5. The fourth-order valence-electron chi connectivity index (χ4n) is 6.76. The van der Waals surface area contributed by atoms with Gasteiger partial charge in [0, 0.05) is 40.6 Å². The van der Waals surface area contributed by atoms with Crippen molar-refractivity contribution >= 4 is 46.1 Å². The lowest BCUT2D eigenvalue weighted by Gasteiger charge is -2.28. The average Bonchev–Trinajstić information content (AvgIpc) is 3.84. The normalized spacial score (nSPS) is 18.7. The van der Waals surface area contributed by atoms with Crippen LogP contribution in [0.2, 0.25) is 0 Å². The molecular weight excluding hydrogens is 596 g/mol. The second kappa shape index (κ2) is 13.7. The molecule has 5 N–H and O–H groups in total. The minimum Gasteiger partial charge on any atom is -0.465 e. The van der Waals surface area contributed by atoms with Crippen LogP contribution in [0.1, 0.15) is 51.1 Å². The Balaban J connectivity index is 1.12. The largest absolute Gasteiger partial charge is 0.465 e. The molecule has 2 aliphatic heterocycles. The van der Waals surface area contributed by atoms with Crippen LogP contribution in [-0.2, 0) is 14.4 Å². The van der Waals surface area contributed by atoms with Crippen LogP contribution in [0.4, 0.5) is 16.2 Å². The number of carbonyl (C=O) groups is 4. The van der Waals surface area contributed by atoms with E-state index in [2.05, 4.69) is 39.7 Å². The molecule has 1 aromatic heterocycles. The van der Waals surface area contributed by atoms with Gasteiger partial charge in [0.15, 0.2) is 0 Å². The zero-order valence-corrected chi connectivity index (χ0v) is 26.5. The molecule has 244 valence electrons. The van der Waals surface area contributed by atoms with Gasteiger partial charge in [-0.1, -0.05) is 42.5 Å². The molecule has 3 atom stereocenters. The van der Waals surface area contributed by atoms with Crippen LogP contribution >= 0.6 is 0 Å². The third-order valence-corrected chi connectivity index (χ3v) is 9.10. The third-order valence-electron chi connectivity index (χ3n) is 9.10. The molecule has 6 rings (SSSR count). The summed E-state index contributed by atoms with van der Waals surface area (Å²) in [5.41, 5.74) is 4.61. The Kier molecular flexibility index (Phi) is 9.26. The Bertz CT molecular complexity index is 1770. The zero-order valence-electron chi connectivity index (χ0n) is 26.5. The number of rotatable bonds is 9. The Morgan fingerprint density at radius 2 is 1.47 bits per heavy atom. The van der Waals surface area contributed by atoms with Crippen molar-refractivity contribution in [3.63, 3.8) is 0 Å². The summed E-state index contributed by atoms with van der Waals surface area (Å²) in [5, 5.41) is 18.6. The number of hydrogen-bond acceptors (Lipinski definition) is 5. The summed E-state index contributed by atoms with van der Waals surface area (Å²) in [5.74, 6) is -0.745. The number of hydrogen-bond donors (Lipinski definition) is 5. The molecule has 0 spiro atoms. The van der Waals surface area contributed by atoms with Gasteiger partial charge in [0.25, 0.3) is 5.91 Å². The van der Waals surface area contributed by atoms with E-state index >= 15 is 0 Å². The molecule has 0 saturated carbocycles. The van der Waals surface area contributed by atoms with Crippen LogP contribution in [0, 0.1) is 0 Å². The summed E-state index contributed by atoms with van der Waals surface area (Å²) < 4.78 is 0. The fourth-order valence-corrected chi connectivity index (χ4v) is 6.76. The molecule has 0 unspecified atom stereocenters. The number of H-pyrrole nitrogens is 1. The lowest BCUT2D eigenvalue weighted by atomic mass is 10.0. The van der Waals surface area contributed by atoms with Crippen LogP contribution in [0.15, 0.2) is 78.9 Å². The molecule has 4 amide bonds. The maximum atomic E-state index is 13.5. The topological polar surface area (TPSA) is 147 Å². The highest BCUT2D eigenvalue weighted by molar-refractivity contribution is 6.00. The van der Waals surface area contributed by atoms with E-state index in [1.807, 2.05) is 48.5 Å². The van der Waals surface area contributed by atoms with Gasteiger partial charge in [-0.05, 0) is 93.6 Å². The molecule has 47 heavy (non-hydrogen) atoms. The van der Waals surface area contributed by atoms with Crippen LogP contribution < -0.4 is 16.0 Å². The molecule has 11 heteroatoms. The van der Waals surface area contributed by atoms with Gasteiger partial charge in [-0.25, -0.2) is 4.79 Å². The minimum atomic E-state index is -1.31. The van der Waals surface area contributed by atoms with Crippen LogP contribution in [-0.4, -0.2) is 74.9 Å². The van der Waals surface area contributed by atoms with E-state index in [1.54, 1.807) is 30.3 Å². The third kappa shape index (κ3) is 7.00.